The Balaban J connectivity index is 1.53. The van der Waals surface area contributed by atoms with Gasteiger partial charge in [0.15, 0.2) is 5.13 Å². The fraction of sp³-hybridized carbons (Fsp3) is 0.250. The maximum atomic E-state index is 13.0. The summed E-state index contributed by atoms with van der Waals surface area (Å²) in [5, 5.41) is 22.5. The van der Waals surface area contributed by atoms with Gasteiger partial charge >= 0.3 is 0 Å². The van der Waals surface area contributed by atoms with Gasteiger partial charge in [-0.15, -0.1) is 11.3 Å². The van der Waals surface area contributed by atoms with Crippen LogP contribution in [0.1, 0.15) is 35.2 Å². The number of nitrogens with zero attached hydrogens (tertiary/aromatic N) is 3. The first kappa shape index (κ1) is 20.1. The molecular weight excluding hydrogens is 397 g/mol. The SMILES string of the molecule is CCc1csc(N2[C@H](C#N)[C@H](c3ccc(C#Cc4ccc(F)cc4)cc3)[C@H]2CO)n1. The lowest BCUT2D eigenvalue weighted by Crippen LogP contribution is -2.63. The molecule has 0 bridgehead atoms. The molecule has 1 saturated heterocycles. The van der Waals surface area contributed by atoms with Crippen molar-refractivity contribution in [2.75, 3.05) is 11.5 Å². The average Bonchev–Trinajstić information content (AvgIpc) is 3.22. The number of aliphatic hydroxyl groups excluding tert-OH is 1. The number of halogens is 1. The van der Waals surface area contributed by atoms with Crippen molar-refractivity contribution >= 4 is 16.5 Å². The summed E-state index contributed by atoms with van der Waals surface area (Å²) in [5.41, 5.74) is 3.57. The van der Waals surface area contributed by atoms with E-state index in [2.05, 4.69) is 22.9 Å². The fourth-order valence-corrected chi connectivity index (χ4v) is 4.72. The lowest BCUT2D eigenvalue weighted by atomic mass is 9.76. The maximum absolute atomic E-state index is 13.0. The van der Waals surface area contributed by atoms with E-state index in [1.807, 2.05) is 41.5 Å². The van der Waals surface area contributed by atoms with E-state index in [9.17, 15) is 14.8 Å². The highest BCUT2D eigenvalue weighted by Gasteiger charge is 2.50. The Labute approximate surface area is 179 Å². The van der Waals surface area contributed by atoms with Gasteiger partial charge in [0.05, 0.1) is 24.4 Å². The molecule has 2 aromatic carbocycles. The summed E-state index contributed by atoms with van der Waals surface area (Å²) < 4.78 is 13.0. The van der Waals surface area contributed by atoms with Crippen LogP contribution in [-0.4, -0.2) is 28.8 Å². The smallest absolute Gasteiger partial charge is 0.186 e. The van der Waals surface area contributed by atoms with Gasteiger partial charge in [0.2, 0.25) is 0 Å². The molecule has 1 N–H and O–H groups in total. The molecule has 4 nitrogen and oxygen atoms in total. The third-order valence-electron chi connectivity index (χ3n) is 5.34. The van der Waals surface area contributed by atoms with E-state index >= 15 is 0 Å². The molecule has 2 heterocycles. The van der Waals surface area contributed by atoms with Crippen LogP contribution in [0.3, 0.4) is 0 Å². The summed E-state index contributed by atoms with van der Waals surface area (Å²) in [4.78, 5) is 6.52. The predicted molar refractivity (Wildman–Crippen MR) is 116 cm³/mol. The third-order valence-corrected chi connectivity index (χ3v) is 6.25. The summed E-state index contributed by atoms with van der Waals surface area (Å²) in [6.07, 6.45) is 0.842. The molecule has 0 unspecified atom stereocenters. The van der Waals surface area contributed by atoms with Gasteiger partial charge in [-0.1, -0.05) is 30.9 Å². The van der Waals surface area contributed by atoms with Crippen LogP contribution in [0.15, 0.2) is 53.9 Å². The monoisotopic (exact) mass is 417 g/mol. The van der Waals surface area contributed by atoms with Gasteiger partial charge in [-0.2, -0.15) is 5.26 Å². The Morgan fingerprint density at radius 1 is 1.10 bits per heavy atom. The van der Waals surface area contributed by atoms with Crippen LogP contribution >= 0.6 is 11.3 Å². The number of hydrogen-bond donors (Lipinski definition) is 1. The topological polar surface area (TPSA) is 60.2 Å². The van der Waals surface area contributed by atoms with Gasteiger partial charge in [0.25, 0.3) is 0 Å². The fourth-order valence-electron chi connectivity index (χ4n) is 3.71. The van der Waals surface area contributed by atoms with Crippen LogP contribution < -0.4 is 4.90 Å². The van der Waals surface area contributed by atoms with Crippen LogP contribution in [0.25, 0.3) is 0 Å². The molecule has 0 radical (unpaired) electrons. The van der Waals surface area contributed by atoms with Crippen molar-refractivity contribution in [1.82, 2.24) is 4.98 Å². The minimum atomic E-state index is -0.367. The third kappa shape index (κ3) is 3.80. The van der Waals surface area contributed by atoms with Gasteiger partial charge in [-0.05, 0) is 48.4 Å². The maximum Gasteiger partial charge on any atom is 0.186 e. The molecule has 0 amide bonds. The number of benzene rings is 2. The average molecular weight is 418 g/mol. The zero-order chi connectivity index (χ0) is 21.1. The number of aliphatic hydroxyl groups is 1. The Kier molecular flexibility index (Phi) is 5.81. The highest BCUT2D eigenvalue weighted by atomic mass is 32.1. The van der Waals surface area contributed by atoms with Gasteiger partial charge in [0, 0.05) is 22.4 Å². The van der Waals surface area contributed by atoms with E-state index in [1.165, 1.54) is 23.5 Å². The lowest BCUT2D eigenvalue weighted by Gasteiger charge is -2.51. The van der Waals surface area contributed by atoms with Crippen molar-refractivity contribution in [2.45, 2.75) is 31.3 Å². The second-order valence-corrected chi connectivity index (χ2v) is 7.95. The first-order valence-corrected chi connectivity index (χ1v) is 10.6. The van der Waals surface area contributed by atoms with Gasteiger partial charge in [0.1, 0.15) is 11.9 Å². The quantitative estimate of drug-likeness (QED) is 0.650. The molecule has 4 rings (SSSR count). The zero-order valence-electron chi connectivity index (χ0n) is 16.4. The molecule has 150 valence electrons. The van der Waals surface area contributed by atoms with E-state index in [-0.39, 0.29) is 30.4 Å². The first-order chi connectivity index (χ1) is 14.6. The molecule has 1 aromatic heterocycles. The molecule has 1 aliphatic rings. The number of nitriles is 1. The Morgan fingerprint density at radius 2 is 1.73 bits per heavy atom. The van der Waals surface area contributed by atoms with Crippen molar-refractivity contribution in [1.29, 1.82) is 5.26 Å². The van der Waals surface area contributed by atoms with Crippen molar-refractivity contribution in [3.63, 3.8) is 0 Å². The van der Waals surface area contributed by atoms with Crippen LogP contribution in [0.2, 0.25) is 0 Å². The molecular formula is C24H20FN3OS. The molecule has 0 spiro atoms. The van der Waals surface area contributed by atoms with Crippen molar-refractivity contribution in [3.05, 3.63) is 82.1 Å². The number of rotatable bonds is 4. The summed E-state index contributed by atoms with van der Waals surface area (Å²) in [5.74, 6) is 5.71. The van der Waals surface area contributed by atoms with Crippen LogP contribution in [0.5, 0.6) is 0 Å². The molecule has 3 aromatic rings. The minimum absolute atomic E-state index is 0.0456. The molecule has 30 heavy (non-hydrogen) atoms. The largest absolute Gasteiger partial charge is 0.394 e. The molecule has 0 aliphatic carbocycles. The van der Waals surface area contributed by atoms with E-state index in [0.717, 1.165) is 33.9 Å². The van der Waals surface area contributed by atoms with E-state index in [4.69, 9.17) is 0 Å². The Morgan fingerprint density at radius 3 is 2.27 bits per heavy atom. The van der Waals surface area contributed by atoms with Crippen molar-refractivity contribution in [3.8, 4) is 17.9 Å². The van der Waals surface area contributed by atoms with E-state index in [1.54, 1.807) is 12.1 Å². The zero-order valence-corrected chi connectivity index (χ0v) is 17.2. The summed E-state index contributed by atoms with van der Waals surface area (Å²) in [6.45, 7) is 2.00. The van der Waals surface area contributed by atoms with Crippen LogP contribution in [0, 0.1) is 29.0 Å². The second-order valence-electron chi connectivity index (χ2n) is 7.11. The second kappa shape index (κ2) is 8.67. The summed E-state index contributed by atoms with van der Waals surface area (Å²) in [7, 11) is 0. The van der Waals surface area contributed by atoms with Crippen molar-refractivity contribution in [2.24, 2.45) is 0 Å². The first-order valence-electron chi connectivity index (χ1n) is 9.75. The van der Waals surface area contributed by atoms with Crippen molar-refractivity contribution < 1.29 is 9.50 Å². The van der Waals surface area contributed by atoms with Crippen LogP contribution in [0.4, 0.5) is 9.52 Å². The number of aryl methyl sites for hydroxylation is 1. The number of hydrogen-bond acceptors (Lipinski definition) is 5. The Bertz CT molecular complexity index is 1120. The van der Waals surface area contributed by atoms with E-state index in [0.29, 0.717) is 0 Å². The Hall–Kier alpha value is -3.19. The molecule has 6 heteroatoms. The normalized spacial score (nSPS) is 20.1. The highest BCUT2D eigenvalue weighted by Crippen LogP contribution is 2.44. The minimum Gasteiger partial charge on any atom is -0.394 e. The lowest BCUT2D eigenvalue weighted by molar-refractivity contribution is 0.187. The summed E-state index contributed by atoms with van der Waals surface area (Å²) in [6, 6.07) is 15.6. The number of aromatic nitrogens is 1. The molecule has 3 atom stereocenters. The number of thiazole rings is 1. The summed E-state index contributed by atoms with van der Waals surface area (Å²) >= 11 is 1.51. The molecule has 1 fully saturated rings. The van der Waals surface area contributed by atoms with E-state index < -0.39 is 0 Å². The molecule has 1 aliphatic heterocycles. The van der Waals surface area contributed by atoms with Gasteiger partial charge in [-0.3, -0.25) is 0 Å². The highest BCUT2D eigenvalue weighted by molar-refractivity contribution is 7.13. The van der Waals surface area contributed by atoms with Crippen LogP contribution in [-0.2, 0) is 6.42 Å². The molecule has 0 saturated carbocycles. The predicted octanol–water partition coefficient (Wildman–Crippen LogP) is 4.10. The number of anilines is 1. The van der Waals surface area contributed by atoms with Gasteiger partial charge < -0.3 is 10.0 Å². The van der Waals surface area contributed by atoms with Gasteiger partial charge in [-0.25, -0.2) is 9.37 Å². The standard InChI is InChI=1S/C24H20FN3OS/c1-2-20-15-30-24(27-20)28-21(13-26)23(22(28)14-29)18-9-5-16(6-10-18)3-4-17-7-11-19(25)12-8-17/h5-12,15,21-23,29H,2,14H2,1H3/t21-,22-,23+/m1/s1.